The van der Waals surface area contributed by atoms with Crippen molar-refractivity contribution >= 4 is 21.6 Å². The molecule has 2 N–H and O–H groups in total. The molecule has 0 fully saturated rings. The summed E-state index contributed by atoms with van der Waals surface area (Å²) in [6.07, 6.45) is 13.5. The molecular formula is C18H30BrNO. The molecule has 0 aliphatic heterocycles. The van der Waals surface area contributed by atoms with E-state index in [4.69, 9.17) is 10.5 Å². The zero-order chi connectivity index (χ0) is 15.3. The average molecular weight is 356 g/mol. The summed E-state index contributed by atoms with van der Waals surface area (Å²) in [5, 5.41) is 0. The minimum Gasteiger partial charge on any atom is -0.492 e. The summed E-state index contributed by atoms with van der Waals surface area (Å²) in [5.74, 6) is 0.853. The number of anilines is 1. The van der Waals surface area contributed by atoms with Gasteiger partial charge in [0.25, 0.3) is 0 Å². The van der Waals surface area contributed by atoms with Crippen molar-refractivity contribution in [2.45, 2.75) is 71.1 Å². The Morgan fingerprint density at radius 1 is 0.905 bits per heavy atom. The van der Waals surface area contributed by atoms with E-state index in [9.17, 15) is 0 Å². The lowest BCUT2D eigenvalue weighted by atomic mass is 10.1. The van der Waals surface area contributed by atoms with Crippen molar-refractivity contribution in [3.8, 4) is 5.75 Å². The zero-order valence-electron chi connectivity index (χ0n) is 13.4. The van der Waals surface area contributed by atoms with Gasteiger partial charge in [-0.05, 0) is 34.5 Å². The van der Waals surface area contributed by atoms with Crippen molar-refractivity contribution in [2.75, 3.05) is 12.3 Å². The molecule has 21 heavy (non-hydrogen) atoms. The standard InChI is InChI=1S/C18H30BrNO/c1-2-3-4-5-6-7-8-9-10-11-15-21-17-14-12-13-16(20)18(17)19/h12-14H,2-11,15,20H2,1H3. The third kappa shape index (κ3) is 8.35. The highest BCUT2D eigenvalue weighted by Crippen LogP contribution is 2.30. The molecule has 1 aromatic carbocycles. The van der Waals surface area contributed by atoms with E-state index in [0.717, 1.165) is 28.9 Å². The number of rotatable bonds is 12. The number of nitrogens with two attached hydrogens (primary N) is 1. The van der Waals surface area contributed by atoms with Crippen LogP contribution in [0.5, 0.6) is 5.75 Å². The first-order chi connectivity index (χ1) is 10.3. The van der Waals surface area contributed by atoms with Gasteiger partial charge < -0.3 is 10.5 Å². The third-order valence-electron chi connectivity index (χ3n) is 3.75. The molecule has 0 aliphatic carbocycles. The van der Waals surface area contributed by atoms with Crippen LogP contribution in [0.3, 0.4) is 0 Å². The molecule has 0 radical (unpaired) electrons. The maximum absolute atomic E-state index is 5.82. The SMILES string of the molecule is CCCCCCCCCCCCOc1cccc(N)c1Br. The predicted molar refractivity (Wildman–Crippen MR) is 95.9 cm³/mol. The van der Waals surface area contributed by atoms with E-state index in [0.29, 0.717) is 0 Å². The summed E-state index contributed by atoms with van der Waals surface area (Å²) in [6.45, 7) is 3.04. The molecule has 2 nitrogen and oxygen atoms in total. The second-order valence-electron chi connectivity index (χ2n) is 5.69. The fourth-order valence-corrected chi connectivity index (χ4v) is 2.79. The Kier molecular flexibility index (Phi) is 10.4. The molecule has 0 atom stereocenters. The molecule has 0 heterocycles. The first-order valence-corrected chi connectivity index (χ1v) is 9.21. The van der Waals surface area contributed by atoms with Crippen LogP contribution in [-0.4, -0.2) is 6.61 Å². The molecule has 0 amide bonds. The van der Waals surface area contributed by atoms with Gasteiger partial charge in [0.15, 0.2) is 0 Å². The van der Waals surface area contributed by atoms with E-state index < -0.39 is 0 Å². The highest BCUT2D eigenvalue weighted by Gasteiger charge is 2.03. The summed E-state index contributed by atoms with van der Waals surface area (Å²) in [7, 11) is 0. The number of halogens is 1. The van der Waals surface area contributed by atoms with Crippen molar-refractivity contribution in [3.63, 3.8) is 0 Å². The Labute approximate surface area is 138 Å². The molecule has 0 aliphatic rings. The summed E-state index contributed by atoms with van der Waals surface area (Å²) in [4.78, 5) is 0. The second-order valence-corrected chi connectivity index (χ2v) is 6.48. The van der Waals surface area contributed by atoms with Gasteiger partial charge >= 0.3 is 0 Å². The summed E-state index contributed by atoms with van der Waals surface area (Å²) in [6, 6.07) is 5.75. The molecule has 3 heteroatoms. The first kappa shape index (κ1) is 18.3. The summed E-state index contributed by atoms with van der Waals surface area (Å²) < 4.78 is 6.64. The smallest absolute Gasteiger partial charge is 0.135 e. The van der Waals surface area contributed by atoms with Crippen molar-refractivity contribution in [3.05, 3.63) is 22.7 Å². The monoisotopic (exact) mass is 355 g/mol. The molecular weight excluding hydrogens is 326 g/mol. The number of benzene rings is 1. The lowest BCUT2D eigenvalue weighted by Crippen LogP contribution is -1.99. The van der Waals surface area contributed by atoms with E-state index in [-0.39, 0.29) is 0 Å². The molecule has 1 aromatic rings. The zero-order valence-corrected chi connectivity index (χ0v) is 15.0. The Bertz CT molecular complexity index is 381. The summed E-state index contributed by atoms with van der Waals surface area (Å²) in [5.41, 5.74) is 6.55. The van der Waals surface area contributed by atoms with Crippen LogP contribution in [0.15, 0.2) is 22.7 Å². The van der Waals surface area contributed by atoms with Crippen molar-refractivity contribution < 1.29 is 4.74 Å². The van der Waals surface area contributed by atoms with Gasteiger partial charge in [0, 0.05) is 5.69 Å². The average Bonchev–Trinajstić information content (AvgIpc) is 2.49. The van der Waals surface area contributed by atoms with Crippen LogP contribution in [0, 0.1) is 0 Å². The molecule has 0 bridgehead atoms. The first-order valence-electron chi connectivity index (χ1n) is 8.42. The topological polar surface area (TPSA) is 35.2 Å². The Hall–Kier alpha value is -0.700. The molecule has 0 aromatic heterocycles. The fourth-order valence-electron chi connectivity index (χ4n) is 2.41. The number of nitrogen functional groups attached to an aromatic ring is 1. The van der Waals surface area contributed by atoms with Crippen molar-refractivity contribution in [1.29, 1.82) is 0 Å². The molecule has 0 unspecified atom stereocenters. The van der Waals surface area contributed by atoms with Crippen molar-refractivity contribution in [1.82, 2.24) is 0 Å². The third-order valence-corrected chi connectivity index (χ3v) is 4.60. The van der Waals surface area contributed by atoms with E-state index in [2.05, 4.69) is 22.9 Å². The predicted octanol–water partition coefficient (Wildman–Crippen LogP) is 6.33. The number of hydrogen-bond acceptors (Lipinski definition) is 2. The maximum atomic E-state index is 5.82. The Morgan fingerprint density at radius 2 is 1.48 bits per heavy atom. The van der Waals surface area contributed by atoms with Crippen LogP contribution in [0.4, 0.5) is 5.69 Å². The largest absolute Gasteiger partial charge is 0.492 e. The van der Waals surface area contributed by atoms with Crippen LogP contribution in [-0.2, 0) is 0 Å². The maximum Gasteiger partial charge on any atom is 0.135 e. The van der Waals surface area contributed by atoms with Gasteiger partial charge in [-0.3, -0.25) is 0 Å². The Morgan fingerprint density at radius 3 is 2.10 bits per heavy atom. The van der Waals surface area contributed by atoms with Gasteiger partial charge in [0.2, 0.25) is 0 Å². The van der Waals surface area contributed by atoms with E-state index in [1.807, 2.05) is 18.2 Å². The van der Waals surface area contributed by atoms with Gasteiger partial charge in [-0.1, -0.05) is 70.8 Å². The van der Waals surface area contributed by atoms with Crippen molar-refractivity contribution in [2.24, 2.45) is 0 Å². The van der Waals surface area contributed by atoms with Crippen LogP contribution in [0.2, 0.25) is 0 Å². The number of unbranched alkanes of at least 4 members (excludes halogenated alkanes) is 9. The van der Waals surface area contributed by atoms with Gasteiger partial charge in [-0.15, -0.1) is 0 Å². The van der Waals surface area contributed by atoms with E-state index >= 15 is 0 Å². The molecule has 0 saturated heterocycles. The molecule has 0 spiro atoms. The van der Waals surface area contributed by atoms with E-state index in [1.54, 1.807) is 0 Å². The quantitative estimate of drug-likeness (QED) is 0.351. The minimum atomic E-state index is 0.732. The van der Waals surface area contributed by atoms with Gasteiger partial charge in [0.1, 0.15) is 5.75 Å². The highest BCUT2D eigenvalue weighted by atomic mass is 79.9. The number of hydrogen-bond donors (Lipinski definition) is 1. The lowest BCUT2D eigenvalue weighted by molar-refractivity contribution is 0.302. The second kappa shape index (κ2) is 11.9. The Balaban J connectivity index is 1.94. The molecule has 0 saturated carbocycles. The van der Waals surface area contributed by atoms with Gasteiger partial charge in [-0.25, -0.2) is 0 Å². The molecule has 120 valence electrons. The van der Waals surface area contributed by atoms with Gasteiger partial charge in [-0.2, -0.15) is 0 Å². The normalized spacial score (nSPS) is 10.8. The molecule has 1 rings (SSSR count). The van der Waals surface area contributed by atoms with Crippen LogP contribution >= 0.6 is 15.9 Å². The number of ether oxygens (including phenoxy) is 1. The van der Waals surface area contributed by atoms with E-state index in [1.165, 1.54) is 57.8 Å². The summed E-state index contributed by atoms with van der Waals surface area (Å²) >= 11 is 3.46. The fraction of sp³-hybridized carbons (Fsp3) is 0.667. The highest BCUT2D eigenvalue weighted by molar-refractivity contribution is 9.10. The van der Waals surface area contributed by atoms with Crippen LogP contribution in [0.25, 0.3) is 0 Å². The minimum absolute atomic E-state index is 0.732. The van der Waals surface area contributed by atoms with Crippen LogP contribution < -0.4 is 10.5 Å². The lowest BCUT2D eigenvalue weighted by Gasteiger charge is -2.09. The van der Waals surface area contributed by atoms with Crippen LogP contribution in [0.1, 0.15) is 71.1 Å². The van der Waals surface area contributed by atoms with Gasteiger partial charge in [0.05, 0.1) is 11.1 Å².